The van der Waals surface area contributed by atoms with Gasteiger partial charge in [0.15, 0.2) is 0 Å². The lowest BCUT2D eigenvalue weighted by Gasteiger charge is -2.24. The van der Waals surface area contributed by atoms with E-state index in [4.69, 9.17) is 5.10 Å². The molecule has 0 saturated heterocycles. The Kier molecular flexibility index (Phi) is 6.80. The highest BCUT2D eigenvalue weighted by Crippen LogP contribution is 2.36. The molecular weight excluding hydrogens is 466 g/mol. The van der Waals surface area contributed by atoms with Gasteiger partial charge in [-0.3, -0.25) is 19.9 Å². The normalized spacial score (nSPS) is 15.0. The van der Waals surface area contributed by atoms with Crippen molar-refractivity contribution in [3.8, 4) is 0 Å². The molecule has 0 aromatic heterocycles. The first-order valence-corrected chi connectivity index (χ1v) is 11.7. The van der Waals surface area contributed by atoms with Crippen molar-refractivity contribution >= 4 is 29.2 Å². The Morgan fingerprint density at radius 1 is 0.919 bits per heavy atom. The van der Waals surface area contributed by atoms with Crippen LogP contribution in [-0.4, -0.2) is 22.8 Å². The first-order valence-electron chi connectivity index (χ1n) is 11.7. The fourth-order valence-electron chi connectivity index (χ4n) is 4.25. The van der Waals surface area contributed by atoms with Crippen molar-refractivity contribution in [2.45, 2.75) is 12.5 Å². The maximum absolute atomic E-state index is 12.4. The lowest BCUT2D eigenvalue weighted by Crippen LogP contribution is -2.19. The van der Waals surface area contributed by atoms with Gasteiger partial charge in [-0.05, 0) is 34.9 Å². The largest absolute Gasteiger partial charge is 0.282 e. The van der Waals surface area contributed by atoms with Crippen LogP contribution in [0.15, 0.2) is 119 Å². The van der Waals surface area contributed by atoms with E-state index in [-0.39, 0.29) is 17.3 Å². The van der Waals surface area contributed by atoms with Gasteiger partial charge in [0.05, 0.1) is 28.6 Å². The molecule has 37 heavy (non-hydrogen) atoms. The van der Waals surface area contributed by atoms with E-state index >= 15 is 0 Å². The molecule has 0 radical (unpaired) electrons. The Balaban J connectivity index is 1.33. The number of hydrogen-bond donors (Lipinski definition) is 1. The van der Waals surface area contributed by atoms with E-state index in [1.54, 1.807) is 6.07 Å². The summed E-state index contributed by atoms with van der Waals surface area (Å²) in [5, 5.41) is 22.1. The van der Waals surface area contributed by atoms with Crippen LogP contribution in [0.2, 0.25) is 0 Å². The molecule has 1 N–H and O–H groups in total. The minimum absolute atomic E-state index is 0.0481. The van der Waals surface area contributed by atoms with Crippen LogP contribution in [0.25, 0.3) is 0 Å². The molecule has 0 aliphatic carbocycles. The number of carbonyl (C=O) groups is 1. The van der Waals surface area contributed by atoms with Crippen molar-refractivity contribution in [1.29, 1.82) is 0 Å². The van der Waals surface area contributed by atoms with Crippen LogP contribution in [0.4, 0.5) is 11.4 Å². The first kappa shape index (κ1) is 23.6. The number of para-hydroxylation sites is 1. The van der Waals surface area contributed by atoms with Gasteiger partial charge in [0.25, 0.3) is 11.6 Å². The number of anilines is 1. The van der Waals surface area contributed by atoms with Crippen molar-refractivity contribution in [1.82, 2.24) is 5.43 Å². The summed E-state index contributed by atoms with van der Waals surface area (Å²) in [6, 6.07) is 34.0. The summed E-state index contributed by atoms with van der Waals surface area (Å²) < 4.78 is 0. The van der Waals surface area contributed by atoms with E-state index in [9.17, 15) is 14.9 Å². The molecular formula is C29H23N5O3. The van der Waals surface area contributed by atoms with Gasteiger partial charge in [0, 0.05) is 12.5 Å². The first-order chi connectivity index (χ1) is 18.1. The Labute approximate surface area is 213 Å². The zero-order valence-electron chi connectivity index (χ0n) is 19.8. The molecule has 1 atom stereocenters. The summed E-state index contributed by atoms with van der Waals surface area (Å²) in [6.45, 7) is 0. The van der Waals surface area contributed by atoms with E-state index in [1.165, 1.54) is 30.0 Å². The molecule has 1 amide bonds. The van der Waals surface area contributed by atoms with Crippen LogP contribution in [-0.2, 0) is 0 Å². The summed E-state index contributed by atoms with van der Waals surface area (Å²) in [5.74, 6) is -0.647. The minimum atomic E-state index is -0.647. The number of nitrogens with zero attached hydrogens (tertiary/aromatic N) is 4. The van der Waals surface area contributed by atoms with Crippen LogP contribution in [0.1, 0.15) is 39.5 Å². The Hall–Kier alpha value is -5.11. The van der Waals surface area contributed by atoms with Crippen LogP contribution in [0.5, 0.6) is 0 Å². The molecule has 4 aromatic rings. The number of hydrazone groups is 2. The predicted octanol–water partition coefficient (Wildman–Crippen LogP) is 5.71. The molecule has 4 aromatic carbocycles. The van der Waals surface area contributed by atoms with E-state index in [0.717, 1.165) is 28.9 Å². The molecule has 182 valence electrons. The smallest absolute Gasteiger partial charge is 0.267 e. The number of hydrogen-bond acceptors (Lipinski definition) is 6. The van der Waals surface area contributed by atoms with Crippen molar-refractivity contribution in [3.63, 3.8) is 0 Å². The monoisotopic (exact) mass is 489 g/mol. The van der Waals surface area contributed by atoms with Gasteiger partial charge in [-0.2, -0.15) is 10.2 Å². The predicted molar refractivity (Wildman–Crippen MR) is 144 cm³/mol. The van der Waals surface area contributed by atoms with Crippen molar-refractivity contribution in [2.24, 2.45) is 10.2 Å². The van der Waals surface area contributed by atoms with E-state index in [1.807, 2.05) is 65.7 Å². The maximum Gasteiger partial charge on any atom is 0.282 e. The minimum Gasteiger partial charge on any atom is -0.267 e. The lowest BCUT2D eigenvalue weighted by atomic mass is 9.98. The van der Waals surface area contributed by atoms with Crippen molar-refractivity contribution in [3.05, 3.63) is 142 Å². The highest BCUT2D eigenvalue weighted by Gasteiger charge is 2.29. The van der Waals surface area contributed by atoms with Gasteiger partial charge in [-0.1, -0.05) is 84.9 Å². The van der Waals surface area contributed by atoms with Crippen molar-refractivity contribution < 1.29 is 9.72 Å². The fourth-order valence-corrected chi connectivity index (χ4v) is 4.25. The molecule has 0 fully saturated rings. The number of rotatable bonds is 7. The third-order valence-electron chi connectivity index (χ3n) is 6.08. The van der Waals surface area contributed by atoms with Gasteiger partial charge >= 0.3 is 0 Å². The van der Waals surface area contributed by atoms with Crippen molar-refractivity contribution in [2.75, 3.05) is 5.01 Å². The second-order valence-electron chi connectivity index (χ2n) is 8.45. The fraction of sp³-hybridized carbons (Fsp3) is 0.0690. The average molecular weight is 490 g/mol. The molecule has 1 aliphatic rings. The highest BCUT2D eigenvalue weighted by molar-refractivity contribution is 6.03. The molecule has 0 spiro atoms. The number of carbonyl (C=O) groups excluding carboxylic acids is 1. The standard InChI is InChI=1S/C29H23N5O3/c35-29(25-13-7-8-14-27(25)34(36)37)31-30-20-21-15-17-24(18-16-21)33-28(23-11-5-2-6-12-23)19-26(32-33)22-9-3-1-4-10-22/h1-18,20,28H,19H2,(H,31,35)/b30-20+. The molecule has 0 bridgehead atoms. The Bertz CT molecular complexity index is 1470. The van der Waals surface area contributed by atoms with Crippen LogP contribution >= 0.6 is 0 Å². The Morgan fingerprint density at radius 3 is 2.27 bits per heavy atom. The number of nitro groups is 1. The topological polar surface area (TPSA) is 100 Å². The molecule has 1 aliphatic heterocycles. The van der Waals surface area contributed by atoms with Crippen LogP contribution < -0.4 is 10.4 Å². The summed E-state index contributed by atoms with van der Waals surface area (Å²) in [5.41, 5.74) is 7.04. The number of amides is 1. The number of nitrogens with one attached hydrogen (secondary N) is 1. The van der Waals surface area contributed by atoms with Gasteiger partial charge < -0.3 is 0 Å². The van der Waals surface area contributed by atoms with Gasteiger partial charge in [-0.25, -0.2) is 5.43 Å². The summed E-state index contributed by atoms with van der Waals surface area (Å²) in [7, 11) is 0. The van der Waals surface area contributed by atoms with Crippen LogP contribution in [0.3, 0.4) is 0 Å². The molecule has 8 nitrogen and oxygen atoms in total. The zero-order chi connectivity index (χ0) is 25.6. The summed E-state index contributed by atoms with van der Waals surface area (Å²) in [4.78, 5) is 22.9. The maximum atomic E-state index is 12.4. The number of nitro benzene ring substituents is 1. The Morgan fingerprint density at radius 2 is 1.57 bits per heavy atom. The SMILES string of the molecule is O=C(N/N=C/c1ccc(N2N=C(c3ccccc3)CC2c2ccccc2)cc1)c1ccccc1[N+](=O)[O-]. The summed E-state index contributed by atoms with van der Waals surface area (Å²) >= 11 is 0. The van der Waals surface area contributed by atoms with E-state index < -0.39 is 10.8 Å². The summed E-state index contributed by atoms with van der Waals surface area (Å²) in [6.07, 6.45) is 2.28. The highest BCUT2D eigenvalue weighted by atomic mass is 16.6. The molecule has 1 unspecified atom stereocenters. The third-order valence-corrected chi connectivity index (χ3v) is 6.08. The van der Waals surface area contributed by atoms with Gasteiger partial charge in [-0.15, -0.1) is 0 Å². The third kappa shape index (κ3) is 5.28. The van der Waals surface area contributed by atoms with Gasteiger partial charge in [0.1, 0.15) is 5.56 Å². The molecule has 5 rings (SSSR count). The molecule has 0 saturated carbocycles. The van der Waals surface area contributed by atoms with E-state index in [2.05, 4.69) is 34.8 Å². The zero-order valence-corrected chi connectivity index (χ0v) is 19.8. The molecule has 8 heteroatoms. The van der Waals surface area contributed by atoms with Crippen LogP contribution in [0, 0.1) is 10.1 Å². The van der Waals surface area contributed by atoms with Gasteiger partial charge in [0.2, 0.25) is 0 Å². The average Bonchev–Trinajstić information content (AvgIpc) is 3.40. The number of benzene rings is 4. The quantitative estimate of drug-likeness (QED) is 0.204. The second kappa shape index (κ2) is 10.7. The van der Waals surface area contributed by atoms with E-state index in [0.29, 0.717) is 0 Å². The molecule has 1 heterocycles. The second-order valence-corrected chi connectivity index (χ2v) is 8.45. The lowest BCUT2D eigenvalue weighted by molar-refractivity contribution is -0.385.